The minimum absolute atomic E-state index is 0.0854. The monoisotopic (exact) mass is 270 g/mol. The van der Waals surface area contributed by atoms with Gasteiger partial charge in [-0.15, -0.1) is 6.58 Å². The first-order valence-electron chi connectivity index (χ1n) is 4.44. The third-order valence-electron chi connectivity index (χ3n) is 1.82. The van der Waals surface area contributed by atoms with Crippen molar-refractivity contribution in [3.05, 3.63) is 45.4 Å². The minimum Gasteiger partial charge on any atom is -0.379 e. The van der Waals surface area contributed by atoms with Gasteiger partial charge < -0.3 is 5.32 Å². The Bertz CT molecular complexity index is 380. The number of benzene rings is 1. The van der Waals surface area contributed by atoms with E-state index in [1.807, 2.05) is 0 Å². The summed E-state index contributed by atoms with van der Waals surface area (Å²) in [4.78, 5) is 10.3. The number of nitrogens with zero attached hydrogens (tertiary/aromatic N) is 1. The Kier molecular flexibility index (Phi) is 4.30. The van der Waals surface area contributed by atoms with Gasteiger partial charge in [0.25, 0.3) is 5.69 Å². The number of nitrogens with one attached hydrogen (secondary N) is 1. The molecule has 4 nitrogen and oxygen atoms in total. The Balaban J connectivity index is 2.86. The van der Waals surface area contributed by atoms with Gasteiger partial charge in [0.1, 0.15) is 5.69 Å². The average molecular weight is 271 g/mol. The number of hydrogen-bond acceptors (Lipinski definition) is 3. The lowest BCUT2D eigenvalue weighted by Gasteiger charge is -2.05. The second kappa shape index (κ2) is 5.50. The van der Waals surface area contributed by atoms with E-state index in [0.29, 0.717) is 12.2 Å². The van der Waals surface area contributed by atoms with Crippen LogP contribution in [0.2, 0.25) is 0 Å². The van der Waals surface area contributed by atoms with Crippen LogP contribution in [-0.2, 0) is 0 Å². The van der Waals surface area contributed by atoms with Crippen molar-refractivity contribution in [3.63, 3.8) is 0 Å². The molecule has 0 radical (unpaired) electrons. The van der Waals surface area contributed by atoms with Gasteiger partial charge in [0.15, 0.2) is 0 Å². The van der Waals surface area contributed by atoms with E-state index in [0.717, 1.165) is 10.9 Å². The van der Waals surface area contributed by atoms with Crippen molar-refractivity contribution in [2.75, 3.05) is 11.9 Å². The summed E-state index contributed by atoms with van der Waals surface area (Å²) in [5.74, 6) is 0. The molecular weight excluding hydrogens is 260 g/mol. The Labute approximate surface area is 96.3 Å². The van der Waals surface area contributed by atoms with E-state index in [-0.39, 0.29) is 5.69 Å². The second-order valence-corrected chi connectivity index (χ2v) is 3.84. The Morgan fingerprint density at radius 2 is 2.33 bits per heavy atom. The molecule has 0 saturated carbocycles. The number of rotatable bonds is 5. The van der Waals surface area contributed by atoms with E-state index in [1.54, 1.807) is 18.2 Å². The van der Waals surface area contributed by atoms with Gasteiger partial charge in [0.05, 0.1) is 4.92 Å². The molecule has 80 valence electrons. The first-order valence-corrected chi connectivity index (χ1v) is 5.23. The van der Waals surface area contributed by atoms with Gasteiger partial charge in [0.2, 0.25) is 0 Å². The van der Waals surface area contributed by atoms with E-state index in [9.17, 15) is 10.1 Å². The van der Waals surface area contributed by atoms with Crippen molar-refractivity contribution < 1.29 is 4.92 Å². The second-order valence-electron chi connectivity index (χ2n) is 2.92. The van der Waals surface area contributed by atoms with Crippen LogP contribution in [0.15, 0.2) is 35.3 Å². The molecule has 0 unspecified atom stereocenters. The van der Waals surface area contributed by atoms with Gasteiger partial charge in [-0.1, -0.05) is 22.0 Å². The van der Waals surface area contributed by atoms with Gasteiger partial charge >= 0.3 is 0 Å². The molecule has 0 aromatic heterocycles. The molecule has 1 aromatic rings. The Hall–Kier alpha value is -1.36. The normalized spacial score (nSPS) is 9.67. The van der Waals surface area contributed by atoms with Crippen LogP contribution in [-0.4, -0.2) is 11.5 Å². The smallest absolute Gasteiger partial charge is 0.292 e. The lowest BCUT2D eigenvalue weighted by atomic mass is 10.2. The fraction of sp³-hybridized carbons (Fsp3) is 0.200. The van der Waals surface area contributed by atoms with Gasteiger partial charge in [-0.2, -0.15) is 0 Å². The van der Waals surface area contributed by atoms with E-state index in [1.165, 1.54) is 6.07 Å². The summed E-state index contributed by atoms with van der Waals surface area (Å²) in [6.07, 6.45) is 2.53. The predicted octanol–water partition coefficient (Wildman–Crippen LogP) is 3.35. The Morgan fingerprint density at radius 1 is 1.60 bits per heavy atom. The summed E-state index contributed by atoms with van der Waals surface area (Å²) < 4.78 is 0.814. The zero-order valence-electron chi connectivity index (χ0n) is 8.07. The number of nitro benzene ring substituents is 1. The van der Waals surface area contributed by atoms with Crippen molar-refractivity contribution in [1.29, 1.82) is 0 Å². The summed E-state index contributed by atoms with van der Waals surface area (Å²) in [7, 11) is 0. The predicted molar refractivity (Wildman–Crippen MR) is 64.1 cm³/mol. The summed E-state index contributed by atoms with van der Waals surface area (Å²) in [6.45, 7) is 4.22. The fourth-order valence-electron chi connectivity index (χ4n) is 1.12. The lowest BCUT2D eigenvalue weighted by Crippen LogP contribution is -2.03. The highest BCUT2D eigenvalue weighted by Gasteiger charge is 2.12. The van der Waals surface area contributed by atoms with Gasteiger partial charge in [-0.3, -0.25) is 10.1 Å². The molecule has 0 amide bonds. The zero-order chi connectivity index (χ0) is 11.3. The molecule has 0 fully saturated rings. The number of halogens is 1. The van der Waals surface area contributed by atoms with Crippen LogP contribution in [0, 0.1) is 10.1 Å². The molecule has 0 aliphatic carbocycles. The molecule has 15 heavy (non-hydrogen) atoms. The first-order chi connectivity index (χ1) is 7.15. The summed E-state index contributed by atoms with van der Waals surface area (Å²) in [5.41, 5.74) is 0.610. The van der Waals surface area contributed by atoms with Gasteiger partial charge in [-0.25, -0.2) is 0 Å². The molecule has 0 aliphatic rings. The maximum Gasteiger partial charge on any atom is 0.292 e. The van der Waals surface area contributed by atoms with E-state index in [2.05, 4.69) is 27.8 Å². The van der Waals surface area contributed by atoms with Crippen molar-refractivity contribution in [1.82, 2.24) is 0 Å². The average Bonchev–Trinajstić information content (AvgIpc) is 2.18. The summed E-state index contributed by atoms with van der Waals surface area (Å²) in [6, 6.07) is 4.82. The standard InChI is InChI=1S/C10H11BrN2O2/c1-2-3-6-12-9-7-8(11)4-5-10(9)13(14)15/h2,4-5,7,12H,1,3,6H2. The van der Waals surface area contributed by atoms with Gasteiger partial charge in [-0.05, 0) is 18.6 Å². The van der Waals surface area contributed by atoms with E-state index >= 15 is 0 Å². The third-order valence-corrected chi connectivity index (χ3v) is 2.31. The fourth-order valence-corrected chi connectivity index (χ4v) is 1.48. The highest BCUT2D eigenvalue weighted by atomic mass is 79.9. The van der Waals surface area contributed by atoms with Crippen LogP contribution in [0.1, 0.15) is 6.42 Å². The van der Waals surface area contributed by atoms with Crippen LogP contribution in [0.4, 0.5) is 11.4 Å². The van der Waals surface area contributed by atoms with Crippen LogP contribution in [0.5, 0.6) is 0 Å². The molecule has 0 bridgehead atoms. The third kappa shape index (κ3) is 3.36. The molecule has 0 saturated heterocycles. The highest BCUT2D eigenvalue weighted by Crippen LogP contribution is 2.27. The molecule has 1 N–H and O–H groups in total. The lowest BCUT2D eigenvalue weighted by molar-refractivity contribution is -0.384. The van der Waals surface area contributed by atoms with Crippen LogP contribution in [0.3, 0.4) is 0 Å². The number of hydrogen-bond donors (Lipinski definition) is 1. The maximum absolute atomic E-state index is 10.7. The minimum atomic E-state index is -0.400. The molecule has 0 spiro atoms. The molecular formula is C10H11BrN2O2. The van der Waals surface area contributed by atoms with Crippen molar-refractivity contribution in [3.8, 4) is 0 Å². The van der Waals surface area contributed by atoms with Crippen molar-refractivity contribution in [2.45, 2.75) is 6.42 Å². The summed E-state index contributed by atoms with van der Waals surface area (Å²) in [5, 5.41) is 13.7. The number of anilines is 1. The largest absolute Gasteiger partial charge is 0.379 e. The quantitative estimate of drug-likeness (QED) is 0.386. The molecule has 5 heteroatoms. The Morgan fingerprint density at radius 3 is 2.93 bits per heavy atom. The first kappa shape index (κ1) is 11.7. The number of nitro groups is 1. The van der Waals surface area contributed by atoms with Crippen molar-refractivity contribution in [2.24, 2.45) is 0 Å². The molecule has 1 rings (SSSR count). The molecule has 0 aliphatic heterocycles. The molecule has 1 aromatic carbocycles. The highest BCUT2D eigenvalue weighted by molar-refractivity contribution is 9.10. The van der Waals surface area contributed by atoms with Crippen LogP contribution in [0.25, 0.3) is 0 Å². The van der Waals surface area contributed by atoms with Gasteiger partial charge in [0, 0.05) is 17.1 Å². The van der Waals surface area contributed by atoms with E-state index < -0.39 is 4.92 Å². The zero-order valence-corrected chi connectivity index (χ0v) is 9.66. The topological polar surface area (TPSA) is 55.2 Å². The molecule has 0 atom stereocenters. The van der Waals surface area contributed by atoms with E-state index in [4.69, 9.17) is 0 Å². The van der Waals surface area contributed by atoms with Crippen LogP contribution >= 0.6 is 15.9 Å². The van der Waals surface area contributed by atoms with Crippen molar-refractivity contribution >= 4 is 27.3 Å². The molecule has 0 heterocycles. The SMILES string of the molecule is C=CCCNc1cc(Br)ccc1[N+](=O)[O-]. The summed E-state index contributed by atoms with van der Waals surface area (Å²) >= 11 is 3.27. The van der Waals surface area contributed by atoms with Crippen LogP contribution < -0.4 is 5.32 Å². The maximum atomic E-state index is 10.7.